The molecule has 7 nitrogen and oxygen atoms in total. The fourth-order valence-electron chi connectivity index (χ4n) is 4.83. The lowest BCUT2D eigenvalue weighted by atomic mass is 10.0. The first-order valence-electron chi connectivity index (χ1n) is 14.7. The Labute approximate surface area is 269 Å². The number of hydrogen-bond acceptors (Lipinski definition) is 4. The van der Waals surface area contributed by atoms with Crippen molar-refractivity contribution in [3.8, 4) is 0 Å². The number of nitrogens with one attached hydrogen (secondary N) is 1. The van der Waals surface area contributed by atoms with Crippen LogP contribution in [-0.2, 0) is 32.6 Å². The van der Waals surface area contributed by atoms with E-state index in [0.717, 1.165) is 33.8 Å². The van der Waals surface area contributed by atoms with E-state index in [-0.39, 0.29) is 23.8 Å². The number of sulfonamides is 1. The molecule has 0 heterocycles. The zero-order chi connectivity index (χ0) is 31.5. The largest absolute Gasteiger partial charge is 0.354 e. The summed E-state index contributed by atoms with van der Waals surface area (Å²) >= 11 is 3.44. The Hall–Kier alpha value is -3.95. The molecule has 0 bridgehead atoms. The van der Waals surface area contributed by atoms with Gasteiger partial charge in [-0.3, -0.25) is 13.9 Å². The van der Waals surface area contributed by atoms with Crippen LogP contribution in [0.15, 0.2) is 119 Å². The summed E-state index contributed by atoms with van der Waals surface area (Å²) in [4.78, 5) is 29.8. The van der Waals surface area contributed by atoms with Crippen LogP contribution >= 0.6 is 15.9 Å². The molecule has 1 atom stereocenters. The van der Waals surface area contributed by atoms with E-state index in [4.69, 9.17) is 0 Å². The third kappa shape index (κ3) is 8.80. The lowest BCUT2D eigenvalue weighted by Crippen LogP contribution is -2.53. The highest BCUT2D eigenvalue weighted by Crippen LogP contribution is 2.27. The maximum Gasteiger partial charge on any atom is 0.264 e. The van der Waals surface area contributed by atoms with Crippen molar-refractivity contribution < 1.29 is 18.0 Å². The summed E-state index contributed by atoms with van der Waals surface area (Å²) in [7, 11) is -4.14. The molecule has 0 spiro atoms. The number of hydrogen-bond donors (Lipinski definition) is 1. The number of carbonyl (C=O) groups is 2. The third-order valence-corrected chi connectivity index (χ3v) is 9.56. The van der Waals surface area contributed by atoms with Gasteiger partial charge < -0.3 is 10.2 Å². The number of benzene rings is 4. The molecular formula is C35H38BrN3O4S. The Kier molecular flexibility index (Phi) is 11.7. The van der Waals surface area contributed by atoms with E-state index >= 15 is 0 Å². The SMILES string of the molecule is CCCCNC(=O)[C@H](Cc1ccccc1)N(Cc1ccc(C)cc1)C(=O)CN(c1cccc(Br)c1)S(=O)(=O)c1ccccc1. The van der Waals surface area contributed by atoms with E-state index in [1.807, 2.05) is 68.4 Å². The first-order chi connectivity index (χ1) is 21.2. The number of amides is 2. The zero-order valence-electron chi connectivity index (χ0n) is 25.0. The Morgan fingerprint density at radius 3 is 2.14 bits per heavy atom. The minimum Gasteiger partial charge on any atom is -0.354 e. The number of halogens is 1. The highest BCUT2D eigenvalue weighted by molar-refractivity contribution is 9.10. The Bertz CT molecular complexity index is 1630. The highest BCUT2D eigenvalue weighted by Gasteiger charge is 2.34. The monoisotopic (exact) mass is 675 g/mol. The van der Waals surface area contributed by atoms with Crippen LogP contribution in [0.4, 0.5) is 5.69 Å². The smallest absolute Gasteiger partial charge is 0.264 e. The molecule has 0 radical (unpaired) electrons. The van der Waals surface area contributed by atoms with Crippen molar-refractivity contribution >= 4 is 43.5 Å². The molecule has 0 saturated heterocycles. The molecule has 0 aliphatic heterocycles. The number of aryl methyl sites for hydroxylation is 1. The van der Waals surface area contributed by atoms with Gasteiger partial charge in [-0.05, 0) is 54.8 Å². The van der Waals surface area contributed by atoms with Gasteiger partial charge in [0.25, 0.3) is 10.0 Å². The summed E-state index contributed by atoms with van der Waals surface area (Å²) in [5, 5.41) is 3.01. The lowest BCUT2D eigenvalue weighted by molar-refractivity contribution is -0.140. The predicted molar refractivity (Wildman–Crippen MR) is 179 cm³/mol. The van der Waals surface area contributed by atoms with E-state index in [2.05, 4.69) is 21.2 Å². The van der Waals surface area contributed by atoms with Crippen molar-refractivity contribution in [3.63, 3.8) is 0 Å². The van der Waals surface area contributed by atoms with Gasteiger partial charge in [0.2, 0.25) is 11.8 Å². The van der Waals surface area contributed by atoms with Gasteiger partial charge in [-0.15, -0.1) is 0 Å². The minimum atomic E-state index is -4.14. The van der Waals surface area contributed by atoms with Crippen LogP contribution in [0.25, 0.3) is 0 Å². The summed E-state index contributed by atoms with van der Waals surface area (Å²) in [6, 6.07) is 31.3. The second-order valence-corrected chi connectivity index (χ2v) is 13.4. The van der Waals surface area contributed by atoms with Gasteiger partial charge in [0.05, 0.1) is 10.6 Å². The van der Waals surface area contributed by atoms with Crippen LogP contribution in [0.5, 0.6) is 0 Å². The van der Waals surface area contributed by atoms with Crippen LogP contribution in [0.3, 0.4) is 0 Å². The predicted octanol–water partition coefficient (Wildman–Crippen LogP) is 6.51. The van der Waals surface area contributed by atoms with Crippen LogP contribution in [-0.4, -0.2) is 44.3 Å². The molecule has 0 aliphatic rings. The van der Waals surface area contributed by atoms with Crippen LogP contribution in [0, 0.1) is 6.92 Å². The first kappa shape index (κ1) is 33.0. The molecule has 44 heavy (non-hydrogen) atoms. The highest BCUT2D eigenvalue weighted by atomic mass is 79.9. The Morgan fingerprint density at radius 2 is 1.50 bits per heavy atom. The van der Waals surface area contributed by atoms with E-state index in [1.54, 1.807) is 42.5 Å². The topological polar surface area (TPSA) is 86.8 Å². The van der Waals surface area contributed by atoms with Crippen LogP contribution in [0.2, 0.25) is 0 Å². The molecule has 0 unspecified atom stereocenters. The number of carbonyl (C=O) groups excluding carboxylic acids is 2. The van der Waals surface area contributed by atoms with Crippen molar-refractivity contribution in [3.05, 3.63) is 130 Å². The molecule has 0 aromatic heterocycles. The van der Waals surface area contributed by atoms with Gasteiger partial charge in [0.1, 0.15) is 12.6 Å². The van der Waals surface area contributed by atoms with Gasteiger partial charge in [0, 0.05) is 24.0 Å². The molecule has 1 N–H and O–H groups in total. The van der Waals surface area contributed by atoms with E-state index < -0.39 is 28.5 Å². The molecule has 4 aromatic rings. The Balaban J connectivity index is 1.78. The molecule has 9 heteroatoms. The van der Waals surface area contributed by atoms with E-state index in [1.165, 1.54) is 17.0 Å². The quantitative estimate of drug-likeness (QED) is 0.154. The molecule has 0 fully saturated rings. The lowest BCUT2D eigenvalue weighted by Gasteiger charge is -2.34. The number of nitrogens with zero attached hydrogens (tertiary/aromatic N) is 2. The standard InChI is InChI=1S/C35H38BrN3O4S/c1-3-4-22-37-35(41)33(23-28-12-7-5-8-13-28)38(25-29-20-18-27(2)19-21-29)34(40)26-39(31-15-11-14-30(36)24-31)44(42,43)32-16-9-6-10-17-32/h5-21,24,33H,3-4,22-23,25-26H2,1-2H3,(H,37,41)/t33-/m0/s1. The normalized spacial score (nSPS) is 11.9. The van der Waals surface area contributed by atoms with Crippen molar-refractivity contribution in [2.75, 3.05) is 17.4 Å². The van der Waals surface area contributed by atoms with Gasteiger partial charge in [-0.25, -0.2) is 8.42 Å². The van der Waals surface area contributed by atoms with Gasteiger partial charge in [0.15, 0.2) is 0 Å². The zero-order valence-corrected chi connectivity index (χ0v) is 27.4. The van der Waals surface area contributed by atoms with Crippen molar-refractivity contribution in [2.45, 2.75) is 50.6 Å². The first-order valence-corrected chi connectivity index (χ1v) is 16.9. The fraction of sp³-hybridized carbons (Fsp3) is 0.257. The number of rotatable bonds is 14. The summed E-state index contributed by atoms with van der Waals surface area (Å²) in [6.07, 6.45) is 2.00. The maximum atomic E-state index is 14.5. The molecule has 2 amide bonds. The Morgan fingerprint density at radius 1 is 0.841 bits per heavy atom. The summed E-state index contributed by atoms with van der Waals surface area (Å²) in [6.45, 7) is 4.16. The molecule has 230 valence electrons. The fourth-order valence-corrected chi connectivity index (χ4v) is 6.64. The molecular weight excluding hydrogens is 638 g/mol. The average Bonchev–Trinajstić information content (AvgIpc) is 3.03. The van der Waals surface area contributed by atoms with Gasteiger partial charge in [-0.1, -0.05) is 114 Å². The molecule has 4 rings (SSSR count). The minimum absolute atomic E-state index is 0.0657. The molecule has 0 aliphatic carbocycles. The summed E-state index contributed by atoms with van der Waals surface area (Å²) < 4.78 is 29.8. The van der Waals surface area contributed by atoms with Crippen molar-refractivity contribution in [1.82, 2.24) is 10.2 Å². The second kappa shape index (κ2) is 15.7. The van der Waals surface area contributed by atoms with Crippen LogP contribution in [0.1, 0.15) is 36.5 Å². The molecule has 0 saturated carbocycles. The van der Waals surface area contributed by atoms with Crippen molar-refractivity contribution in [2.24, 2.45) is 0 Å². The maximum absolute atomic E-state index is 14.5. The van der Waals surface area contributed by atoms with Gasteiger partial charge in [-0.2, -0.15) is 0 Å². The second-order valence-electron chi connectivity index (χ2n) is 10.7. The van der Waals surface area contributed by atoms with E-state index in [0.29, 0.717) is 16.7 Å². The summed E-state index contributed by atoms with van der Waals surface area (Å²) in [5.74, 6) is -0.765. The number of unbranched alkanes of at least 4 members (excludes halogenated alkanes) is 1. The summed E-state index contributed by atoms with van der Waals surface area (Å²) in [5.41, 5.74) is 3.13. The van der Waals surface area contributed by atoms with Gasteiger partial charge >= 0.3 is 0 Å². The van der Waals surface area contributed by atoms with E-state index in [9.17, 15) is 18.0 Å². The average molecular weight is 677 g/mol. The van der Waals surface area contributed by atoms with Crippen molar-refractivity contribution in [1.29, 1.82) is 0 Å². The third-order valence-electron chi connectivity index (χ3n) is 7.28. The number of anilines is 1. The molecule has 4 aromatic carbocycles. The van der Waals surface area contributed by atoms with Crippen LogP contribution < -0.4 is 9.62 Å².